The van der Waals surface area contributed by atoms with Crippen LogP contribution in [0.1, 0.15) is 34.2 Å². The Labute approximate surface area is 187 Å². The van der Waals surface area contributed by atoms with Gasteiger partial charge in [0, 0.05) is 28.4 Å². The number of fused-ring (bicyclic) bond motifs is 4. The molecule has 0 bridgehead atoms. The molecule has 1 aliphatic heterocycles. The number of amides is 1. The first-order chi connectivity index (χ1) is 15.5. The first-order valence-corrected chi connectivity index (χ1v) is 10.9. The molecule has 158 valence electrons. The number of aromatic amines is 1. The molecule has 1 aliphatic carbocycles. The van der Waals surface area contributed by atoms with E-state index in [9.17, 15) is 9.59 Å². The fourth-order valence-corrected chi connectivity index (χ4v) is 4.70. The number of anilines is 1. The van der Waals surface area contributed by atoms with Gasteiger partial charge in [0.2, 0.25) is 5.65 Å². The maximum absolute atomic E-state index is 13.6. The minimum Gasteiger partial charge on any atom is -0.317 e. The number of nitrogens with one attached hydrogen (secondary N) is 1. The van der Waals surface area contributed by atoms with E-state index in [1.807, 2.05) is 43.4 Å². The summed E-state index contributed by atoms with van der Waals surface area (Å²) in [6.45, 7) is 2.62. The molecule has 7 nitrogen and oxygen atoms in total. The number of carbonyl (C=O) groups is 1. The van der Waals surface area contributed by atoms with Crippen molar-refractivity contribution in [2.75, 3.05) is 11.4 Å². The molecule has 4 aromatic rings. The molecule has 32 heavy (non-hydrogen) atoms. The molecular formula is C24H18ClN5O2. The number of allylic oxidation sites excluding steroid dienone is 4. The standard InChI is InChI=1S/C24H18ClN5O2/c1-2-13-11-20-18(26-23(31)22-28-27-21(30(20)22)14-4-3-5-14)12-17(13)24(32)29-9-8-15-10-16(25)6-7-19(15)29/h3-7,10-12H,2,8-9H2,1H3,(H,26,31). The van der Waals surface area contributed by atoms with Gasteiger partial charge in [-0.25, -0.2) is 0 Å². The Morgan fingerprint density at radius 1 is 1.22 bits per heavy atom. The number of aromatic nitrogens is 4. The molecule has 2 aromatic heterocycles. The van der Waals surface area contributed by atoms with Crippen LogP contribution in [0.4, 0.5) is 5.69 Å². The van der Waals surface area contributed by atoms with Gasteiger partial charge in [0.15, 0.2) is 5.82 Å². The van der Waals surface area contributed by atoms with Gasteiger partial charge < -0.3 is 9.88 Å². The molecule has 8 heteroatoms. The van der Waals surface area contributed by atoms with Crippen molar-refractivity contribution >= 4 is 45.4 Å². The van der Waals surface area contributed by atoms with E-state index in [1.165, 1.54) is 0 Å². The van der Waals surface area contributed by atoms with Crippen molar-refractivity contribution in [2.24, 2.45) is 0 Å². The predicted octanol–water partition coefficient (Wildman–Crippen LogP) is 3.94. The van der Waals surface area contributed by atoms with Gasteiger partial charge in [-0.05, 0) is 54.3 Å². The van der Waals surface area contributed by atoms with Crippen molar-refractivity contribution < 1.29 is 4.79 Å². The molecule has 2 aromatic carbocycles. The fraction of sp³-hybridized carbons (Fsp3) is 0.167. The van der Waals surface area contributed by atoms with Gasteiger partial charge in [0.25, 0.3) is 11.5 Å². The highest BCUT2D eigenvalue weighted by molar-refractivity contribution is 6.30. The van der Waals surface area contributed by atoms with Gasteiger partial charge in [0.1, 0.15) is 0 Å². The Bertz CT molecular complexity index is 1580. The zero-order valence-corrected chi connectivity index (χ0v) is 18.0. The summed E-state index contributed by atoms with van der Waals surface area (Å²) in [5.74, 6) is 0.532. The Hall–Kier alpha value is -3.71. The van der Waals surface area contributed by atoms with Crippen molar-refractivity contribution in [2.45, 2.75) is 19.8 Å². The highest BCUT2D eigenvalue weighted by Gasteiger charge is 2.28. The van der Waals surface area contributed by atoms with Crippen molar-refractivity contribution in [3.63, 3.8) is 0 Å². The van der Waals surface area contributed by atoms with E-state index in [0.717, 1.165) is 34.3 Å². The quantitative estimate of drug-likeness (QED) is 0.519. The minimum atomic E-state index is -0.344. The summed E-state index contributed by atoms with van der Waals surface area (Å²) >= 11 is 6.13. The number of hydrogen-bond donors (Lipinski definition) is 1. The Balaban J connectivity index is 1.54. The highest BCUT2D eigenvalue weighted by atomic mass is 35.5. The summed E-state index contributed by atoms with van der Waals surface area (Å²) in [5, 5.41) is 8.98. The zero-order chi connectivity index (χ0) is 22.0. The van der Waals surface area contributed by atoms with Crippen LogP contribution in [-0.4, -0.2) is 32.0 Å². The first-order valence-electron chi connectivity index (χ1n) is 10.5. The lowest BCUT2D eigenvalue weighted by Gasteiger charge is -2.20. The molecular weight excluding hydrogens is 426 g/mol. The van der Waals surface area contributed by atoms with E-state index in [-0.39, 0.29) is 17.1 Å². The third kappa shape index (κ3) is 2.67. The summed E-state index contributed by atoms with van der Waals surface area (Å²) < 4.78 is 1.77. The number of carbonyl (C=O) groups excluding carboxylic acids is 1. The lowest BCUT2D eigenvalue weighted by Crippen LogP contribution is -2.30. The van der Waals surface area contributed by atoms with E-state index in [1.54, 1.807) is 21.4 Å². The van der Waals surface area contributed by atoms with Crippen molar-refractivity contribution in [3.05, 3.63) is 86.5 Å². The Kier molecular flexibility index (Phi) is 4.10. The van der Waals surface area contributed by atoms with E-state index >= 15 is 0 Å². The molecule has 0 spiro atoms. The van der Waals surface area contributed by atoms with Crippen LogP contribution in [-0.2, 0) is 12.8 Å². The average molecular weight is 444 g/mol. The maximum Gasteiger partial charge on any atom is 0.294 e. The fourth-order valence-electron chi connectivity index (χ4n) is 4.50. The van der Waals surface area contributed by atoms with Gasteiger partial charge in [-0.2, -0.15) is 0 Å². The first kappa shape index (κ1) is 19.0. The summed E-state index contributed by atoms with van der Waals surface area (Å²) in [6.07, 6.45) is 7.21. The largest absolute Gasteiger partial charge is 0.317 e. The third-order valence-corrected chi connectivity index (χ3v) is 6.42. The van der Waals surface area contributed by atoms with Crippen LogP contribution >= 0.6 is 11.6 Å². The molecule has 2 aliphatic rings. The van der Waals surface area contributed by atoms with E-state index in [4.69, 9.17) is 11.6 Å². The zero-order valence-electron chi connectivity index (χ0n) is 17.2. The number of H-pyrrole nitrogens is 1. The highest BCUT2D eigenvalue weighted by Crippen LogP contribution is 2.33. The van der Waals surface area contributed by atoms with Crippen molar-refractivity contribution in [3.8, 4) is 0 Å². The van der Waals surface area contributed by atoms with Gasteiger partial charge in [-0.15, -0.1) is 10.2 Å². The normalized spacial score (nSPS) is 14.7. The molecule has 0 atom stereocenters. The Morgan fingerprint density at radius 2 is 2.06 bits per heavy atom. The molecule has 0 unspecified atom stereocenters. The number of hydrogen-bond acceptors (Lipinski definition) is 4. The van der Waals surface area contributed by atoms with E-state index < -0.39 is 0 Å². The Morgan fingerprint density at radius 3 is 2.81 bits per heavy atom. The summed E-state index contributed by atoms with van der Waals surface area (Å²) in [7, 11) is 0. The molecule has 0 radical (unpaired) electrons. The number of halogens is 1. The van der Waals surface area contributed by atoms with Crippen LogP contribution in [0.15, 0.2) is 53.4 Å². The van der Waals surface area contributed by atoms with Crippen LogP contribution in [0.3, 0.4) is 0 Å². The van der Waals surface area contributed by atoms with Crippen LogP contribution < -0.4 is 10.5 Å². The topological polar surface area (TPSA) is 83.4 Å². The number of rotatable bonds is 3. The van der Waals surface area contributed by atoms with Gasteiger partial charge in [-0.1, -0.05) is 36.8 Å². The average Bonchev–Trinajstić information content (AvgIpc) is 3.36. The molecule has 0 fully saturated rings. The summed E-state index contributed by atoms with van der Waals surface area (Å²) in [4.78, 5) is 31.0. The van der Waals surface area contributed by atoms with Gasteiger partial charge in [0.05, 0.1) is 11.0 Å². The lowest BCUT2D eigenvalue weighted by atomic mass is 10.0. The van der Waals surface area contributed by atoms with Crippen LogP contribution in [0.5, 0.6) is 0 Å². The molecule has 3 heterocycles. The molecule has 0 saturated heterocycles. The second kappa shape index (κ2) is 6.90. The van der Waals surface area contributed by atoms with Crippen LogP contribution in [0.2, 0.25) is 5.02 Å². The predicted molar refractivity (Wildman–Crippen MR) is 124 cm³/mol. The third-order valence-electron chi connectivity index (χ3n) is 6.18. The number of nitrogens with zero attached hydrogens (tertiary/aromatic N) is 4. The lowest BCUT2D eigenvalue weighted by molar-refractivity contribution is 0.0988. The van der Waals surface area contributed by atoms with Gasteiger partial charge >= 0.3 is 0 Å². The van der Waals surface area contributed by atoms with Crippen molar-refractivity contribution in [1.29, 1.82) is 0 Å². The SMILES string of the molecule is CCc1cc2c(cc1C(=O)N1CCc3cc(Cl)ccc31)[nH]c(=O)c1nnc(C3=CC=C3)n12. The van der Waals surface area contributed by atoms with Crippen LogP contribution in [0, 0.1) is 0 Å². The monoisotopic (exact) mass is 443 g/mol. The van der Waals surface area contributed by atoms with Crippen molar-refractivity contribution in [1.82, 2.24) is 19.6 Å². The van der Waals surface area contributed by atoms with E-state index in [2.05, 4.69) is 15.2 Å². The minimum absolute atomic E-state index is 0.0839. The van der Waals surface area contributed by atoms with Crippen LogP contribution in [0.25, 0.3) is 22.3 Å². The number of aryl methyl sites for hydroxylation is 1. The second-order valence-corrected chi connectivity index (χ2v) is 8.41. The number of benzene rings is 2. The second-order valence-electron chi connectivity index (χ2n) is 7.98. The molecule has 0 saturated carbocycles. The molecule has 6 rings (SSSR count). The molecule has 1 amide bonds. The summed E-state index contributed by atoms with van der Waals surface area (Å²) in [6, 6.07) is 9.35. The molecule has 1 N–H and O–H groups in total. The summed E-state index contributed by atoms with van der Waals surface area (Å²) in [5.41, 5.74) is 5.57. The van der Waals surface area contributed by atoms with Gasteiger partial charge in [-0.3, -0.25) is 14.0 Å². The maximum atomic E-state index is 13.6. The smallest absolute Gasteiger partial charge is 0.294 e. The van der Waals surface area contributed by atoms with E-state index in [0.29, 0.717) is 34.9 Å².